The highest BCUT2D eigenvalue weighted by atomic mass is 16.5. The van der Waals surface area contributed by atoms with Crippen LogP contribution < -0.4 is 4.74 Å². The van der Waals surface area contributed by atoms with Gasteiger partial charge in [0.15, 0.2) is 6.61 Å². The second kappa shape index (κ2) is 5.47. The van der Waals surface area contributed by atoms with Crippen molar-refractivity contribution in [1.29, 1.82) is 0 Å². The zero-order chi connectivity index (χ0) is 13.8. The first kappa shape index (κ1) is 13.0. The maximum atomic E-state index is 10.4. The molecular formula is C12H14N4O3. The van der Waals surface area contributed by atoms with Crippen molar-refractivity contribution in [3.63, 3.8) is 0 Å². The summed E-state index contributed by atoms with van der Waals surface area (Å²) in [7, 11) is 0. The Morgan fingerprint density at radius 1 is 1.37 bits per heavy atom. The average Bonchev–Trinajstić information content (AvgIpc) is 2.86. The van der Waals surface area contributed by atoms with Crippen molar-refractivity contribution in [1.82, 2.24) is 20.2 Å². The lowest BCUT2D eigenvalue weighted by atomic mass is 10.2. The smallest absolute Gasteiger partial charge is 0.341 e. The van der Waals surface area contributed by atoms with E-state index in [2.05, 4.69) is 15.4 Å². The lowest BCUT2D eigenvalue weighted by molar-refractivity contribution is -0.139. The van der Waals surface area contributed by atoms with Gasteiger partial charge in [-0.05, 0) is 43.3 Å². The molecule has 0 radical (unpaired) electrons. The van der Waals surface area contributed by atoms with Crippen LogP contribution in [0.3, 0.4) is 0 Å². The number of benzene rings is 1. The van der Waals surface area contributed by atoms with Gasteiger partial charge in [-0.2, -0.15) is 4.80 Å². The fourth-order valence-corrected chi connectivity index (χ4v) is 1.40. The second-order valence-electron chi connectivity index (χ2n) is 4.23. The molecule has 7 nitrogen and oxygen atoms in total. The predicted octanol–water partition coefficient (Wildman–Crippen LogP) is 1.38. The zero-order valence-corrected chi connectivity index (χ0v) is 10.6. The molecule has 7 heteroatoms. The molecule has 0 saturated carbocycles. The van der Waals surface area contributed by atoms with Crippen molar-refractivity contribution in [3.8, 4) is 17.1 Å². The number of aliphatic carboxylic acids is 1. The minimum absolute atomic E-state index is 0.152. The number of hydrogen-bond donors (Lipinski definition) is 1. The van der Waals surface area contributed by atoms with Crippen LogP contribution in [0.2, 0.25) is 0 Å². The molecule has 0 aliphatic rings. The minimum Gasteiger partial charge on any atom is -0.482 e. The molecule has 1 aromatic heterocycles. The first-order chi connectivity index (χ1) is 9.06. The third-order valence-electron chi connectivity index (χ3n) is 2.36. The second-order valence-corrected chi connectivity index (χ2v) is 4.23. The Morgan fingerprint density at radius 3 is 2.58 bits per heavy atom. The van der Waals surface area contributed by atoms with Gasteiger partial charge in [-0.15, -0.1) is 10.2 Å². The van der Waals surface area contributed by atoms with Gasteiger partial charge in [0.1, 0.15) is 5.75 Å². The van der Waals surface area contributed by atoms with E-state index in [4.69, 9.17) is 9.84 Å². The summed E-state index contributed by atoms with van der Waals surface area (Å²) in [5, 5.41) is 20.6. The number of carbonyl (C=O) groups is 1. The molecule has 1 aromatic carbocycles. The van der Waals surface area contributed by atoms with E-state index in [1.807, 2.05) is 13.8 Å². The number of ether oxygens (including phenoxy) is 1. The van der Waals surface area contributed by atoms with Crippen LogP contribution in [-0.2, 0) is 4.79 Å². The first-order valence-corrected chi connectivity index (χ1v) is 5.81. The van der Waals surface area contributed by atoms with Gasteiger partial charge in [-0.25, -0.2) is 4.79 Å². The summed E-state index contributed by atoms with van der Waals surface area (Å²) in [5.74, 6) is 0.00602. The Hall–Kier alpha value is -2.44. The minimum atomic E-state index is -1.01. The summed E-state index contributed by atoms with van der Waals surface area (Å²) >= 11 is 0. The molecule has 1 N–H and O–H groups in total. The average molecular weight is 262 g/mol. The summed E-state index contributed by atoms with van der Waals surface area (Å²) in [6.45, 7) is 3.57. The maximum absolute atomic E-state index is 10.4. The van der Waals surface area contributed by atoms with Gasteiger partial charge in [0.05, 0.1) is 6.04 Å². The maximum Gasteiger partial charge on any atom is 0.341 e. The molecule has 0 aliphatic carbocycles. The SMILES string of the molecule is CC(C)n1nnc(-c2ccc(OCC(=O)O)cc2)n1. The number of nitrogens with zero attached hydrogens (tertiary/aromatic N) is 4. The van der Waals surface area contributed by atoms with Crippen LogP contribution in [0.15, 0.2) is 24.3 Å². The van der Waals surface area contributed by atoms with Crippen molar-refractivity contribution in [2.45, 2.75) is 19.9 Å². The number of carboxylic acids is 1. The highest BCUT2D eigenvalue weighted by Crippen LogP contribution is 2.19. The van der Waals surface area contributed by atoms with Gasteiger partial charge in [-0.1, -0.05) is 0 Å². The molecule has 19 heavy (non-hydrogen) atoms. The van der Waals surface area contributed by atoms with Gasteiger partial charge in [-0.3, -0.25) is 0 Å². The number of rotatable bonds is 5. The first-order valence-electron chi connectivity index (χ1n) is 5.81. The van der Waals surface area contributed by atoms with Gasteiger partial charge < -0.3 is 9.84 Å². The molecule has 0 unspecified atom stereocenters. The summed E-state index contributed by atoms with van der Waals surface area (Å²) in [5.41, 5.74) is 0.801. The summed E-state index contributed by atoms with van der Waals surface area (Å²) in [6, 6.07) is 7.03. The lowest BCUT2D eigenvalue weighted by Crippen LogP contribution is -2.09. The molecule has 0 spiro atoms. The highest BCUT2D eigenvalue weighted by Gasteiger charge is 2.08. The molecule has 2 rings (SSSR count). The molecule has 0 bridgehead atoms. The Morgan fingerprint density at radius 2 is 2.05 bits per heavy atom. The number of aromatic nitrogens is 4. The van der Waals surface area contributed by atoms with E-state index in [1.54, 1.807) is 24.3 Å². The number of hydrogen-bond acceptors (Lipinski definition) is 5. The Balaban J connectivity index is 2.10. The quantitative estimate of drug-likeness (QED) is 0.875. The molecule has 0 aliphatic heterocycles. The molecule has 0 amide bonds. The largest absolute Gasteiger partial charge is 0.482 e. The van der Waals surface area contributed by atoms with Crippen LogP contribution in [-0.4, -0.2) is 37.9 Å². The van der Waals surface area contributed by atoms with Gasteiger partial charge in [0, 0.05) is 5.56 Å². The molecule has 100 valence electrons. The van der Waals surface area contributed by atoms with Crippen molar-refractivity contribution in [2.75, 3.05) is 6.61 Å². The van der Waals surface area contributed by atoms with E-state index in [1.165, 1.54) is 4.80 Å². The van der Waals surface area contributed by atoms with Crippen LogP contribution in [0, 0.1) is 0 Å². The lowest BCUT2D eigenvalue weighted by Gasteiger charge is -2.03. The van der Waals surface area contributed by atoms with Crippen molar-refractivity contribution in [2.24, 2.45) is 0 Å². The molecule has 0 saturated heterocycles. The normalized spacial score (nSPS) is 10.7. The summed E-state index contributed by atoms with van der Waals surface area (Å²) in [4.78, 5) is 11.9. The standard InChI is InChI=1S/C12H14N4O3/c1-8(2)16-14-12(13-15-16)9-3-5-10(6-4-9)19-7-11(17)18/h3-6,8H,7H2,1-2H3,(H,17,18). The van der Waals surface area contributed by atoms with Gasteiger partial charge in [0.25, 0.3) is 0 Å². The van der Waals surface area contributed by atoms with Crippen molar-refractivity contribution < 1.29 is 14.6 Å². The van der Waals surface area contributed by atoms with Gasteiger partial charge in [0.2, 0.25) is 5.82 Å². The summed E-state index contributed by atoms with van der Waals surface area (Å²) < 4.78 is 5.04. The topological polar surface area (TPSA) is 90.1 Å². The van der Waals surface area contributed by atoms with Gasteiger partial charge >= 0.3 is 5.97 Å². The van der Waals surface area contributed by atoms with Crippen LogP contribution >= 0.6 is 0 Å². The van der Waals surface area contributed by atoms with E-state index in [9.17, 15) is 4.79 Å². The predicted molar refractivity (Wildman–Crippen MR) is 66.8 cm³/mol. The van der Waals surface area contributed by atoms with Crippen molar-refractivity contribution >= 4 is 5.97 Å². The van der Waals surface area contributed by atoms with Crippen molar-refractivity contribution in [3.05, 3.63) is 24.3 Å². The third-order valence-corrected chi connectivity index (χ3v) is 2.36. The van der Waals surface area contributed by atoms with E-state index >= 15 is 0 Å². The van der Waals surface area contributed by atoms with Crippen LogP contribution in [0.25, 0.3) is 11.4 Å². The fraction of sp³-hybridized carbons (Fsp3) is 0.333. The van der Waals surface area contributed by atoms with Crippen LogP contribution in [0.1, 0.15) is 19.9 Å². The van der Waals surface area contributed by atoms with E-state index in [-0.39, 0.29) is 12.6 Å². The van der Waals surface area contributed by atoms with Crippen LogP contribution in [0.5, 0.6) is 5.75 Å². The fourth-order valence-electron chi connectivity index (χ4n) is 1.40. The number of tetrazole rings is 1. The molecule has 0 atom stereocenters. The molecule has 1 heterocycles. The van der Waals surface area contributed by atoms with E-state index in [0.717, 1.165) is 5.56 Å². The van der Waals surface area contributed by atoms with E-state index < -0.39 is 5.97 Å². The van der Waals surface area contributed by atoms with Crippen LogP contribution in [0.4, 0.5) is 0 Å². The zero-order valence-electron chi connectivity index (χ0n) is 10.6. The number of carboxylic acid groups (broad SMARTS) is 1. The molecular weight excluding hydrogens is 248 g/mol. The Bertz CT molecular complexity index is 563. The Labute approximate surface area is 109 Å². The molecule has 0 fully saturated rings. The molecule has 2 aromatic rings. The Kier molecular flexibility index (Phi) is 3.74. The third kappa shape index (κ3) is 3.27. The summed E-state index contributed by atoms with van der Waals surface area (Å²) in [6.07, 6.45) is 0. The van der Waals surface area contributed by atoms with E-state index in [0.29, 0.717) is 11.6 Å². The monoisotopic (exact) mass is 262 g/mol. The highest BCUT2D eigenvalue weighted by molar-refractivity contribution is 5.68.